The van der Waals surface area contributed by atoms with Gasteiger partial charge in [-0.2, -0.15) is 0 Å². The van der Waals surface area contributed by atoms with E-state index >= 15 is 0 Å². The van der Waals surface area contributed by atoms with Crippen molar-refractivity contribution in [3.63, 3.8) is 0 Å². The highest BCUT2D eigenvalue weighted by Gasteiger charge is 2.26. The van der Waals surface area contributed by atoms with Gasteiger partial charge in [-0.25, -0.2) is 4.98 Å². The Hall–Kier alpha value is -2.10. The lowest BCUT2D eigenvalue weighted by Gasteiger charge is -2.14. The Morgan fingerprint density at radius 3 is 2.69 bits per heavy atom. The molecule has 0 saturated carbocycles. The molecule has 16 heavy (non-hydrogen) atoms. The van der Waals surface area contributed by atoms with Crippen molar-refractivity contribution in [3.05, 3.63) is 49.5 Å². The van der Waals surface area contributed by atoms with Crippen molar-refractivity contribution >= 4 is 17.2 Å². The maximum atomic E-state index is 4.27. The molecule has 0 spiro atoms. The predicted octanol–water partition coefficient (Wildman–Crippen LogP) is 2.06. The molecule has 0 amide bonds. The quantitative estimate of drug-likeness (QED) is 0.721. The van der Waals surface area contributed by atoms with Gasteiger partial charge in [0.15, 0.2) is 5.82 Å². The van der Waals surface area contributed by atoms with E-state index in [2.05, 4.69) is 22.7 Å². The number of benzene rings is 1. The molecule has 1 aliphatic heterocycles. The molecule has 1 aliphatic rings. The van der Waals surface area contributed by atoms with E-state index in [1.807, 2.05) is 35.0 Å². The molecule has 0 bridgehead atoms. The van der Waals surface area contributed by atoms with Gasteiger partial charge in [-0.3, -0.25) is 9.88 Å². The number of para-hydroxylation sites is 2. The first kappa shape index (κ1) is 9.15. The van der Waals surface area contributed by atoms with Crippen LogP contribution in [0.4, 0.5) is 17.2 Å². The van der Waals surface area contributed by atoms with Gasteiger partial charge >= 0.3 is 0 Å². The van der Waals surface area contributed by atoms with E-state index < -0.39 is 0 Å². The third-order valence-corrected chi connectivity index (χ3v) is 2.51. The van der Waals surface area contributed by atoms with Gasteiger partial charge in [-0.15, -0.1) is 0 Å². The normalized spacial score (nSPS) is 14.1. The van der Waals surface area contributed by atoms with E-state index in [0.29, 0.717) is 0 Å². The highest BCUT2D eigenvalue weighted by atomic mass is 15.4. The van der Waals surface area contributed by atoms with Crippen molar-refractivity contribution in [1.29, 1.82) is 0 Å². The van der Waals surface area contributed by atoms with Crippen molar-refractivity contribution in [1.82, 2.24) is 9.97 Å². The molecule has 2 heterocycles. The van der Waals surface area contributed by atoms with Crippen LogP contribution in [0.1, 0.15) is 0 Å². The standard InChI is InChI=1S/C12H10N4/c1-15-9-16(12-8-13-6-7-14-12)11-5-3-2-4-10(11)15/h2-8H,1H3. The van der Waals surface area contributed by atoms with E-state index in [-0.39, 0.29) is 0 Å². The summed E-state index contributed by atoms with van der Waals surface area (Å²) in [4.78, 5) is 12.2. The van der Waals surface area contributed by atoms with E-state index in [1.54, 1.807) is 18.6 Å². The highest BCUT2D eigenvalue weighted by Crippen LogP contribution is 2.40. The molecular weight excluding hydrogens is 200 g/mol. The number of aromatic nitrogens is 2. The Morgan fingerprint density at radius 1 is 1.12 bits per heavy atom. The average molecular weight is 210 g/mol. The minimum atomic E-state index is 0.777. The molecule has 4 heteroatoms. The summed E-state index contributed by atoms with van der Waals surface area (Å²) in [6.07, 6.45) is 5.07. The van der Waals surface area contributed by atoms with Gasteiger partial charge in [-0.05, 0) is 12.1 Å². The van der Waals surface area contributed by atoms with Crippen molar-refractivity contribution < 1.29 is 0 Å². The van der Waals surface area contributed by atoms with Gasteiger partial charge in [0.05, 0.1) is 17.6 Å². The van der Waals surface area contributed by atoms with Gasteiger partial charge in [0.1, 0.15) is 0 Å². The maximum absolute atomic E-state index is 4.27. The van der Waals surface area contributed by atoms with E-state index in [9.17, 15) is 0 Å². The summed E-state index contributed by atoms with van der Waals surface area (Å²) in [5.41, 5.74) is 2.19. The number of rotatable bonds is 1. The molecule has 3 rings (SSSR count). The zero-order chi connectivity index (χ0) is 11.0. The molecule has 0 N–H and O–H groups in total. The third-order valence-electron chi connectivity index (χ3n) is 2.51. The second-order valence-corrected chi connectivity index (χ2v) is 3.55. The van der Waals surface area contributed by atoms with Gasteiger partial charge < -0.3 is 4.90 Å². The van der Waals surface area contributed by atoms with E-state index in [0.717, 1.165) is 17.2 Å². The molecule has 0 aliphatic carbocycles. The predicted molar refractivity (Wildman–Crippen MR) is 62.3 cm³/mol. The molecule has 2 radical (unpaired) electrons. The molecule has 0 saturated heterocycles. The lowest BCUT2D eigenvalue weighted by atomic mass is 10.2. The van der Waals surface area contributed by atoms with Crippen LogP contribution >= 0.6 is 0 Å². The van der Waals surface area contributed by atoms with Gasteiger partial charge in [0.2, 0.25) is 6.67 Å². The summed E-state index contributed by atoms with van der Waals surface area (Å²) in [7, 11) is 1.97. The van der Waals surface area contributed by atoms with Crippen LogP contribution in [0.3, 0.4) is 0 Å². The van der Waals surface area contributed by atoms with Gasteiger partial charge in [0, 0.05) is 19.4 Å². The van der Waals surface area contributed by atoms with Crippen LogP contribution in [0, 0.1) is 6.67 Å². The maximum Gasteiger partial charge on any atom is 0.214 e. The summed E-state index contributed by atoms with van der Waals surface area (Å²) in [5.74, 6) is 0.777. The first-order valence-corrected chi connectivity index (χ1v) is 5.01. The van der Waals surface area contributed by atoms with E-state index in [1.165, 1.54) is 0 Å². The number of nitrogens with zero attached hydrogens (tertiary/aromatic N) is 4. The molecule has 4 nitrogen and oxygen atoms in total. The third kappa shape index (κ3) is 1.31. The molecule has 0 fully saturated rings. The molecular formula is C12H10N4. The van der Waals surface area contributed by atoms with Crippen LogP contribution in [-0.2, 0) is 0 Å². The Kier molecular flexibility index (Phi) is 1.99. The summed E-state index contributed by atoms with van der Waals surface area (Å²) in [6.45, 7) is 3.20. The molecule has 0 unspecified atom stereocenters. The monoisotopic (exact) mass is 210 g/mol. The van der Waals surface area contributed by atoms with Crippen molar-refractivity contribution in [2.45, 2.75) is 0 Å². The van der Waals surface area contributed by atoms with Gasteiger partial charge in [-0.1, -0.05) is 12.1 Å². The molecule has 2 aromatic rings. The average Bonchev–Trinajstić information content (AvgIpc) is 2.69. The molecule has 0 atom stereocenters. The van der Waals surface area contributed by atoms with Crippen LogP contribution in [0.25, 0.3) is 0 Å². The second kappa shape index (κ2) is 3.48. The SMILES string of the molecule is CN1[C]N(c2cnccn2)c2ccccc21. The molecule has 78 valence electrons. The highest BCUT2D eigenvalue weighted by molar-refractivity contribution is 5.83. The van der Waals surface area contributed by atoms with E-state index in [4.69, 9.17) is 0 Å². The van der Waals surface area contributed by atoms with Crippen LogP contribution in [-0.4, -0.2) is 17.0 Å². The first-order valence-electron chi connectivity index (χ1n) is 5.01. The molecule has 1 aromatic carbocycles. The second-order valence-electron chi connectivity index (χ2n) is 3.55. The Labute approximate surface area is 94.2 Å². The lowest BCUT2D eigenvalue weighted by Crippen LogP contribution is -2.18. The Balaban J connectivity index is 2.07. The van der Waals surface area contributed by atoms with Crippen LogP contribution in [0.2, 0.25) is 0 Å². The summed E-state index contributed by atoms with van der Waals surface area (Å²) >= 11 is 0. The fourth-order valence-corrected chi connectivity index (χ4v) is 1.78. The summed E-state index contributed by atoms with van der Waals surface area (Å²) < 4.78 is 0. The first-order chi connectivity index (χ1) is 7.86. The molecule has 1 aromatic heterocycles. The van der Waals surface area contributed by atoms with Crippen LogP contribution in [0.15, 0.2) is 42.9 Å². The fraction of sp³-hybridized carbons (Fsp3) is 0.0833. The number of hydrogen-bond donors (Lipinski definition) is 0. The number of fused-ring (bicyclic) bond motifs is 1. The largest absolute Gasteiger partial charge is 0.342 e. The zero-order valence-corrected chi connectivity index (χ0v) is 8.83. The van der Waals surface area contributed by atoms with Crippen LogP contribution in [0.5, 0.6) is 0 Å². The Morgan fingerprint density at radius 2 is 1.94 bits per heavy atom. The minimum Gasteiger partial charge on any atom is -0.342 e. The van der Waals surface area contributed by atoms with Crippen molar-refractivity contribution in [2.75, 3.05) is 16.8 Å². The van der Waals surface area contributed by atoms with Gasteiger partial charge in [0.25, 0.3) is 0 Å². The fourth-order valence-electron chi connectivity index (χ4n) is 1.78. The Bertz CT molecular complexity index is 497. The van der Waals surface area contributed by atoms with Crippen molar-refractivity contribution in [2.24, 2.45) is 0 Å². The number of hydrogen-bond acceptors (Lipinski definition) is 4. The smallest absolute Gasteiger partial charge is 0.214 e. The van der Waals surface area contributed by atoms with Crippen LogP contribution < -0.4 is 9.80 Å². The topological polar surface area (TPSA) is 32.3 Å². The summed E-state index contributed by atoms with van der Waals surface area (Å²) in [5, 5.41) is 0. The van der Waals surface area contributed by atoms with Crippen molar-refractivity contribution in [3.8, 4) is 0 Å². The summed E-state index contributed by atoms with van der Waals surface area (Å²) in [6, 6.07) is 8.11. The number of anilines is 3. The lowest BCUT2D eigenvalue weighted by molar-refractivity contribution is 1.04. The minimum absolute atomic E-state index is 0.777. The zero-order valence-electron chi connectivity index (χ0n) is 8.83.